The van der Waals surface area contributed by atoms with E-state index in [-0.39, 0.29) is 12.1 Å². The molecule has 0 N–H and O–H groups in total. The number of thiophene rings is 1. The Morgan fingerprint density at radius 1 is 1.12 bits per heavy atom. The summed E-state index contributed by atoms with van der Waals surface area (Å²) in [6.45, 7) is 0.914. The zero-order valence-corrected chi connectivity index (χ0v) is 20.7. The fourth-order valence-electron chi connectivity index (χ4n) is 4.22. The average Bonchev–Trinajstić information content (AvgIpc) is 3.27. The number of benzene rings is 2. The van der Waals surface area contributed by atoms with Gasteiger partial charge in [-0.3, -0.25) is 9.79 Å². The topological polar surface area (TPSA) is 60.4 Å². The molecule has 0 aliphatic carbocycles. The number of halogens is 1. The maximum Gasteiger partial charge on any atom is 0.256 e. The van der Waals surface area contributed by atoms with E-state index in [0.717, 1.165) is 34.2 Å². The molecule has 170 valence electrons. The standard InChI is InChI=1S/C25H23BrN2O4S/c1-30-19-6-15(11-26)5-16(7-19)14-32-22-8-18-12-27-24-10-23-17(3-4-33-23)13-28(24)25(29)20(18)9-21(22)31-2/h3-9,12,24H,10-11,13-14H2,1-2H3/t24-/m0/s1. The summed E-state index contributed by atoms with van der Waals surface area (Å²) in [6, 6.07) is 11.7. The quantitative estimate of drug-likeness (QED) is 0.414. The average molecular weight is 527 g/mol. The minimum absolute atomic E-state index is 0.0380. The number of hydrogen-bond acceptors (Lipinski definition) is 6. The molecule has 1 aromatic heterocycles. The number of methoxy groups -OCH3 is 2. The van der Waals surface area contributed by atoms with Crippen molar-refractivity contribution in [1.29, 1.82) is 0 Å². The van der Waals surface area contributed by atoms with Gasteiger partial charge in [-0.15, -0.1) is 11.3 Å². The Bertz CT molecular complexity index is 1220. The molecule has 2 aliphatic rings. The molecule has 1 atom stereocenters. The van der Waals surface area contributed by atoms with Crippen LogP contribution < -0.4 is 14.2 Å². The molecule has 0 radical (unpaired) electrons. The van der Waals surface area contributed by atoms with Gasteiger partial charge in [-0.1, -0.05) is 22.0 Å². The summed E-state index contributed by atoms with van der Waals surface area (Å²) in [4.78, 5) is 21.3. The number of ether oxygens (including phenoxy) is 3. The highest BCUT2D eigenvalue weighted by Gasteiger charge is 2.34. The van der Waals surface area contributed by atoms with Crippen molar-refractivity contribution in [1.82, 2.24) is 4.90 Å². The molecule has 5 rings (SSSR count). The van der Waals surface area contributed by atoms with E-state index in [4.69, 9.17) is 19.2 Å². The maximum atomic E-state index is 13.4. The lowest BCUT2D eigenvalue weighted by Gasteiger charge is -2.32. The van der Waals surface area contributed by atoms with E-state index in [2.05, 4.69) is 33.4 Å². The fraction of sp³-hybridized carbons (Fsp3) is 0.280. The lowest BCUT2D eigenvalue weighted by Crippen LogP contribution is -2.42. The fourth-order valence-corrected chi connectivity index (χ4v) is 5.47. The molecule has 2 aromatic carbocycles. The molecule has 33 heavy (non-hydrogen) atoms. The van der Waals surface area contributed by atoms with E-state index < -0.39 is 0 Å². The SMILES string of the molecule is COc1cc(CBr)cc(COc2cc3c(cc2OC)C(=O)N2Cc4ccsc4C[C@H]2N=C3)c1. The molecule has 0 saturated heterocycles. The molecule has 0 spiro atoms. The van der Waals surface area contributed by atoms with E-state index in [1.54, 1.807) is 37.8 Å². The molecule has 1 amide bonds. The summed E-state index contributed by atoms with van der Waals surface area (Å²) >= 11 is 5.22. The van der Waals surface area contributed by atoms with Crippen molar-refractivity contribution in [2.75, 3.05) is 14.2 Å². The number of nitrogens with zero attached hydrogens (tertiary/aromatic N) is 2. The predicted octanol–water partition coefficient (Wildman–Crippen LogP) is 5.20. The lowest BCUT2D eigenvalue weighted by molar-refractivity contribution is 0.0654. The van der Waals surface area contributed by atoms with E-state index in [1.165, 1.54) is 10.4 Å². The van der Waals surface area contributed by atoms with E-state index in [0.29, 0.717) is 30.2 Å². The van der Waals surface area contributed by atoms with Crippen molar-refractivity contribution in [3.05, 3.63) is 74.5 Å². The summed E-state index contributed by atoms with van der Waals surface area (Å²) in [5, 5.41) is 2.80. The van der Waals surface area contributed by atoms with Crippen LogP contribution in [0.3, 0.4) is 0 Å². The molecular formula is C25H23BrN2O4S. The van der Waals surface area contributed by atoms with Crippen LogP contribution in [-0.2, 0) is 24.9 Å². The molecule has 3 aromatic rings. The summed E-state index contributed by atoms with van der Waals surface area (Å²) in [5.41, 5.74) is 4.60. The van der Waals surface area contributed by atoms with E-state index in [9.17, 15) is 4.79 Å². The van der Waals surface area contributed by atoms with Gasteiger partial charge in [0, 0.05) is 35.0 Å². The van der Waals surface area contributed by atoms with Crippen LogP contribution >= 0.6 is 27.3 Å². The second kappa shape index (κ2) is 9.19. The number of alkyl halides is 1. The van der Waals surface area contributed by atoms with Crippen molar-refractivity contribution < 1.29 is 19.0 Å². The number of aliphatic imine (C=N–C) groups is 1. The molecular weight excluding hydrogens is 504 g/mol. The zero-order valence-electron chi connectivity index (χ0n) is 18.3. The van der Waals surface area contributed by atoms with Gasteiger partial charge in [0.1, 0.15) is 18.5 Å². The summed E-state index contributed by atoms with van der Waals surface area (Å²) < 4.78 is 17.1. The number of carbonyl (C=O) groups is 1. The van der Waals surface area contributed by atoms with E-state index in [1.807, 2.05) is 23.1 Å². The van der Waals surface area contributed by atoms with Crippen LogP contribution in [0, 0.1) is 0 Å². The van der Waals surface area contributed by atoms with Gasteiger partial charge in [0.15, 0.2) is 11.5 Å². The van der Waals surface area contributed by atoms with Crippen LogP contribution in [0.5, 0.6) is 17.2 Å². The Labute approximate surface area is 204 Å². The second-order valence-electron chi connectivity index (χ2n) is 7.97. The number of fused-ring (bicyclic) bond motifs is 3. The number of hydrogen-bond donors (Lipinski definition) is 0. The van der Waals surface area contributed by atoms with Gasteiger partial charge in [0.2, 0.25) is 0 Å². The minimum Gasteiger partial charge on any atom is -0.497 e. The molecule has 0 saturated carbocycles. The highest BCUT2D eigenvalue weighted by molar-refractivity contribution is 9.08. The summed E-state index contributed by atoms with van der Waals surface area (Å²) in [5.74, 6) is 1.83. The Hall–Kier alpha value is -2.84. The van der Waals surface area contributed by atoms with Crippen molar-refractivity contribution in [2.24, 2.45) is 4.99 Å². The number of rotatable bonds is 6. The predicted molar refractivity (Wildman–Crippen MR) is 132 cm³/mol. The lowest BCUT2D eigenvalue weighted by atomic mass is 10.0. The molecule has 0 bridgehead atoms. The van der Waals surface area contributed by atoms with Gasteiger partial charge in [-0.05, 0) is 52.4 Å². The third-order valence-corrected chi connectivity index (χ3v) is 7.56. The highest BCUT2D eigenvalue weighted by Crippen LogP contribution is 2.36. The first-order valence-electron chi connectivity index (χ1n) is 10.6. The largest absolute Gasteiger partial charge is 0.497 e. The summed E-state index contributed by atoms with van der Waals surface area (Å²) in [7, 11) is 3.23. The first-order valence-corrected chi connectivity index (χ1v) is 12.6. The first-order chi connectivity index (χ1) is 16.1. The Kier molecular flexibility index (Phi) is 6.12. The highest BCUT2D eigenvalue weighted by atomic mass is 79.9. The van der Waals surface area contributed by atoms with Crippen LogP contribution in [0.15, 0.2) is 46.8 Å². The zero-order chi connectivity index (χ0) is 22.9. The molecule has 0 fully saturated rings. The van der Waals surface area contributed by atoms with Crippen LogP contribution in [0.1, 0.15) is 37.5 Å². The molecule has 3 heterocycles. The van der Waals surface area contributed by atoms with Gasteiger partial charge < -0.3 is 19.1 Å². The van der Waals surface area contributed by atoms with Crippen molar-refractivity contribution >= 4 is 39.4 Å². The van der Waals surface area contributed by atoms with Crippen molar-refractivity contribution in [2.45, 2.75) is 31.1 Å². The minimum atomic E-state index is -0.189. The van der Waals surface area contributed by atoms with Crippen LogP contribution in [0.2, 0.25) is 0 Å². The van der Waals surface area contributed by atoms with Gasteiger partial charge in [-0.2, -0.15) is 0 Å². The van der Waals surface area contributed by atoms with Crippen molar-refractivity contribution in [3.63, 3.8) is 0 Å². The number of amides is 1. The Balaban J connectivity index is 1.44. The smallest absolute Gasteiger partial charge is 0.256 e. The van der Waals surface area contributed by atoms with Gasteiger partial charge >= 0.3 is 0 Å². The monoisotopic (exact) mass is 526 g/mol. The first kappa shape index (κ1) is 22.0. The second-order valence-corrected chi connectivity index (χ2v) is 9.53. The molecule has 0 unspecified atom stereocenters. The third kappa shape index (κ3) is 4.25. The van der Waals surface area contributed by atoms with Crippen LogP contribution in [0.25, 0.3) is 0 Å². The van der Waals surface area contributed by atoms with Gasteiger partial charge in [-0.25, -0.2) is 0 Å². The molecule has 2 aliphatic heterocycles. The van der Waals surface area contributed by atoms with Crippen molar-refractivity contribution in [3.8, 4) is 17.2 Å². The maximum absolute atomic E-state index is 13.4. The summed E-state index contributed by atoms with van der Waals surface area (Å²) in [6.07, 6.45) is 2.35. The Morgan fingerprint density at radius 2 is 1.97 bits per heavy atom. The number of carbonyl (C=O) groups excluding carboxylic acids is 1. The van der Waals surface area contributed by atoms with Crippen LogP contribution in [0.4, 0.5) is 0 Å². The molecule has 6 nitrogen and oxygen atoms in total. The van der Waals surface area contributed by atoms with E-state index >= 15 is 0 Å². The normalized spacial score (nSPS) is 16.5. The van der Waals surface area contributed by atoms with Crippen LogP contribution in [-0.4, -0.2) is 37.4 Å². The van der Waals surface area contributed by atoms with Gasteiger partial charge in [0.25, 0.3) is 5.91 Å². The Morgan fingerprint density at radius 3 is 2.76 bits per heavy atom. The van der Waals surface area contributed by atoms with Gasteiger partial charge in [0.05, 0.1) is 19.8 Å². The molecule has 8 heteroatoms. The third-order valence-electron chi connectivity index (χ3n) is 5.93.